The quantitative estimate of drug-likeness (QED) is 0.636. The maximum Gasteiger partial charge on any atom is 0.142 e. The second-order valence-electron chi connectivity index (χ2n) is 2.32. The second kappa shape index (κ2) is 3.12. The molecule has 0 spiro atoms. The van der Waals surface area contributed by atoms with Crippen molar-refractivity contribution < 1.29 is 4.39 Å². The summed E-state index contributed by atoms with van der Waals surface area (Å²) in [4.78, 5) is 0. The van der Waals surface area contributed by atoms with E-state index in [4.69, 9.17) is 11.6 Å². The van der Waals surface area contributed by atoms with E-state index in [2.05, 4.69) is 22.6 Å². The van der Waals surface area contributed by atoms with Crippen molar-refractivity contribution in [1.82, 2.24) is 0 Å². The van der Waals surface area contributed by atoms with Gasteiger partial charge in [0.05, 0.1) is 5.02 Å². The van der Waals surface area contributed by atoms with E-state index in [9.17, 15) is 4.39 Å². The molecule has 1 aromatic heterocycles. The van der Waals surface area contributed by atoms with Gasteiger partial charge in [0.2, 0.25) is 0 Å². The lowest BCUT2D eigenvalue weighted by atomic mass is 10.2. The summed E-state index contributed by atoms with van der Waals surface area (Å²) in [6.45, 7) is 0. The second-order valence-corrected chi connectivity index (χ2v) is 4.77. The van der Waals surface area contributed by atoms with Crippen LogP contribution >= 0.6 is 45.5 Å². The third-order valence-electron chi connectivity index (χ3n) is 1.58. The van der Waals surface area contributed by atoms with E-state index in [1.807, 2.05) is 5.38 Å². The van der Waals surface area contributed by atoms with Gasteiger partial charge in [-0.2, -0.15) is 0 Å². The fourth-order valence-electron chi connectivity index (χ4n) is 1.03. The summed E-state index contributed by atoms with van der Waals surface area (Å²) in [5.74, 6) is -0.347. The molecule has 0 unspecified atom stereocenters. The van der Waals surface area contributed by atoms with Crippen LogP contribution in [0.4, 0.5) is 4.39 Å². The first-order chi connectivity index (χ1) is 5.70. The van der Waals surface area contributed by atoms with Crippen LogP contribution in [0.25, 0.3) is 10.1 Å². The maximum atomic E-state index is 13.0. The van der Waals surface area contributed by atoms with Crippen LogP contribution < -0.4 is 0 Å². The van der Waals surface area contributed by atoms with Crippen molar-refractivity contribution in [1.29, 1.82) is 0 Å². The Labute approximate surface area is 91.5 Å². The third kappa shape index (κ3) is 1.24. The number of benzene rings is 1. The highest BCUT2D eigenvalue weighted by molar-refractivity contribution is 14.1. The minimum absolute atomic E-state index is 0.234. The van der Waals surface area contributed by atoms with E-state index >= 15 is 0 Å². The first kappa shape index (κ1) is 8.72. The van der Waals surface area contributed by atoms with Crippen LogP contribution in [0.15, 0.2) is 17.5 Å². The Morgan fingerprint density at radius 3 is 2.92 bits per heavy atom. The summed E-state index contributed by atoms with van der Waals surface area (Å²) >= 11 is 9.53. The molecule has 0 saturated heterocycles. The first-order valence-corrected chi connectivity index (χ1v) is 5.54. The summed E-state index contributed by atoms with van der Waals surface area (Å²) in [7, 11) is 0. The molecular formula is C8H3ClFIS. The maximum absolute atomic E-state index is 13.0. The van der Waals surface area contributed by atoms with Crippen LogP contribution in [0.1, 0.15) is 0 Å². The van der Waals surface area contributed by atoms with E-state index < -0.39 is 0 Å². The van der Waals surface area contributed by atoms with Gasteiger partial charge in [-0.05, 0) is 34.7 Å². The highest BCUT2D eigenvalue weighted by atomic mass is 127. The molecule has 0 atom stereocenters. The van der Waals surface area contributed by atoms with Gasteiger partial charge in [0.1, 0.15) is 5.82 Å². The molecule has 0 bridgehead atoms. The van der Waals surface area contributed by atoms with Gasteiger partial charge in [0.15, 0.2) is 0 Å². The van der Waals surface area contributed by atoms with E-state index in [0.29, 0.717) is 0 Å². The fraction of sp³-hybridized carbons (Fsp3) is 0. The van der Waals surface area contributed by atoms with Gasteiger partial charge in [-0.3, -0.25) is 0 Å². The summed E-state index contributed by atoms with van der Waals surface area (Å²) in [6.07, 6.45) is 0. The van der Waals surface area contributed by atoms with E-state index in [-0.39, 0.29) is 10.8 Å². The zero-order valence-electron chi connectivity index (χ0n) is 5.77. The van der Waals surface area contributed by atoms with E-state index in [1.54, 1.807) is 17.4 Å². The van der Waals surface area contributed by atoms with Crippen LogP contribution in [0, 0.1) is 9.39 Å². The lowest BCUT2D eigenvalue weighted by Gasteiger charge is -1.95. The zero-order chi connectivity index (χ0) is 8.72. The molecule has 0 saturated carbocycles. The zero-order valence-corrected chi connectivity index (χ0v) is 9.50. The van der Waals surface area contributed by atoms with Gasteiger partial charge in [-0.15, -0.1) is 11.3 Å². The summed E-state index contributed by atoms with van der Waals surface area (Å²) < 4.78 is 15.0. The predicted octanol–water partition coefficient (Wildman–Crippen LogP) is 4.30. The summed E-state index contributed by atoms with van der Waals surface area (Å²) in [6, 6.07) is 3.15. The van der Waals surface area contributed by atoms with Crippen LogP contribution in [0.3, 0.4) is 0 Å². The van der Waals surface area contributed by atoms with Gasteiger partial charge in [0.25, 0.3) is 0 Å². The van der Waals surface area contributed by atoms with Crippen molar-refractivity contribution in [3.05, 3.63) is 31.9 Å². The van der Waals surface area contributed by atoms with Crippen molar-refractivity contribution in [3.63, 3.8) is 0 Å². The Balaban J connectivity index is 2.96. The Bertz CT molecular complexity index is 438. The Kier molecular flexibility index (Phi) is 2.27. The molecule has 0 N–H and O–H groups in total. The average Bonchev–Trinajstić information content (AvgIpc) is 2.41. The van der Waals surface area contributed by atoms with Gasteiger partial charge in [-0.1, -0.05) is 11.6 Å². The van der Waals surface area contributed by atoms with Gasteiger partial charge < -0.3 is 0 Å². The van der Waals surface area contributed by atoms with Crippen molar-refractivity contribution in [2.24, 2.45) is 0 Å². The van der Waals surface area contributed by atoms with Crippen LogP contribution in [0.2, 0.25) is 5.02 Å². The highest BCUT2D eigenvalue weighted by Crippen LogP contribution is 2.34. The molecule has 1 aromatic carbocycles. The number of halogens is 3. The molecule has 1 heterocycles. The number of thiophene rings is 1. The lowest BCUT2D eigenvalue weighted by Crippen LogP contribution is -1.77. The van der Waals surface area contributed by atoms with E-state index in [1.165, 1.54) is 6.07 Å². The van der Waals surface area contributed by atoms with E-state index in [0.717, 1.165) is 13.7 Å². The monoisotopic (exact) mass is 312 g/mol. The molecule has 0 aliphatic heterocycles. The molecular weight excluding hydrogens is 310 g/mol. The molecule has 0 aliphatic carbocycles. The number of hydrogen-bond donors (Lipinski definition) is 0. The van der Waals surface area contributed by atoms with Crippen LogP contribution in [-0.4, -0.2) is 0 Å². The lowest BCUT2D eigenvalue weighted by molar-refractivity contribution is 0.630. The third-order valence-corrected chi connectivity index (χ3v) is 4.18. The average molecular weight is 313 g/mol. The SMILES string of the molecule is Fc1ccc2scc(I)c2c1Cl. The molecule has 12 heavy (non-hydrogen) atoms. The smallest absolute Gasteiger partial charge is 0.142 e. The Morgan fingerprint density at radius 1 is 1.42 bits per heavy atom. The topological polar surface area (TPSA) is 0 Å². The van der Waals surface area contributed by atoms with Crippen LogP contribution in [-0.2, 0) is 0 Å². The van der Waals surface area contributed by atoms with Crippen molar-refractivity contribution in [3.8, 4) is 0 Å². The first-order valence-electron chi connectivity index (χ1n) is 3.21. The normalized spacial score (nSPS) is 10.9. The summed E-state index contributed by atoms with van der Waals surface area (Å²) in [5, 5.41) is 3.04. The predicted molar refractivity (Wildman–Crippen MR) is 59.5 cm³/mol. The fourth-order valence-corrected chi connectivity index (χ4v) is 3.46. The van der Waals surface area contributed by atoms with Gasteiger partial charge in [-0.25, -0.2) is 4.39 Å². The van der Waals surface area contributed by atoms with Gasteiger partial charge in [0, 0.05) is 19.0 Å². The Morgan fingerprint density at radius 2 is 2.17 bits per heavy atom. The molecule has 0 fully saturated rings. The highest BCUT2D eigenvalue weighted by Gasteiger charge is 2.09. The molecule has 2 rings (SSSR count). The molecule has 0 amide bonds. The number of rotatable bonds is 0. The largest absolute Gasteiger partial charge is 0.205 e. The van der Waals surface area contributed by atoms with Crippen molar-refractivity contribution in [2.75, 3.05) is 0 Å². The summed E-state index contributed by atoms with van der Waals surface area (Å²) in [5.41, 5.74) is 0. The van der Waals surface area contributed by atoms with Crippen molar-refractivity contribution in [2.45, 2.75) is 0 Å². The van der Waals surface area contributed by atoms with Gasteiger partial charge >= 0.3 is 0 Å². The molecule has 0 aliphatic rings. The molecule has 0 radical (unpaired) electrons. The Hall–Kier alpha value is 0.130. The number of hydrogen-bond acceptors (Lipinski definition) is 1. The molecule has 62 valence electrons. The standard InChI is InChI=1S/C8H3ClFIS/c9-8-4(10)1-2-6-7(8)5(11)3-12-6/h1-3H. The molecule has 4 heteroatoms. The molecule has 0 nitrogen and oxygen atoms in total. The molecule has 2 aromatic rings. The number of fused-ring (bicyclic) bond motifs is 1. The minimum atomic E-state index is -0.347. The van der Waals surface area contributed by atoms with Crippen LogP contribution in [0.5, 0.6) is 0 Å². The van der Waals surface area contributed by atoms with Crippen molar-refractivity contribution >= 4 is 55.6 Å². The minimum Gasteiger partial charge on any atom is -0.205 e.